The van der Waals surface area contributed by atoms with Gasteiger partial charge in [-0.2, -0.15) is 0 Å². The average molecular weight is 310 g/mol. The number of rotatable bonds is 5. The summed E-state index contributed by atoms with van der Waals surface area (Å²) >= 11 is 0. The summed E-state index contributed by atoms with van der Waals surface area (Å²) < 4.78 is 0. The zero-order chi connectivity index (χ0) is 16.9. The minimum absolute atomic E-state index is 0.0554. The van der Waals surface area contributed by atoms with Gasteiger partial charge in [0.2, 0.25) is 0 Å². The molecule has 2 rings (SSSR count). The molecular weight excluding hydrogens is 284 g/mol. The minimum Gasteiger partial charge on any atom is -0.322 e. The highest BCUT2D eigenvalue weighted by Gasteiger charge is 2.14. The maximum absolute atomic E-state index is 12.5. The third kappa shape index (κ3) is 4.67. The van der Waals surface area contributed by atoms with Gasteiger partial charge in [-0.05, 0) is 54.8 Å². The number of amides is 1. The van der Waals surface area contributed by atoms with Gasteiger partial charge in [0, 0.05) is 11.3 Å². The van der Waals surface area contributed by atoms with Gasteiger partial charge in [0.05, 0.1) is 0 Å². The summed E-state index contributed by atoms with van der Waals surface area (Å²) in [5, 5.41) is 6.11. The number of nitrogens with one attached hydrogen (secondary N) is 2. The van der Waals surface area contributed by atoms with Crippen molar-refractivity contribution in [2.75, 3.05) is 18.9 Å². The molecule has 0 atom stereocenters. The number of hydrogen-bond donors (Lipinski definition) is 2. The molecule has 0 saturated carbocycles. The van der Waals surface area contributed by atoms with Crippen molar-refractivity contribution in [2.45, 2.75) is 32.6 Å². The largest absolute Gasteiger partial charge is 0.322 e. The first-order valence-corrected chi connectivity index (χ1v) is 8.06. The summed E-state index contributed by atoms with van der Waals surface area (Å²) in [6.45, 7) is 7.39. The van der Waals surface area contributed by atoms with Crippen LogP contribution in [0.4, 0.5) is 5.69 Å². The van der Waals surface area contributed by atoms with Crippen LogP contribution in [0.25, 0.3) is 0 Å². The van der Waals surface area contributed by atoms with Crippen molar-refractivity contribution in [2.24, 2.45) is 0 Å². The van der Waals surface area contributed by atoms with Gasteiger partial charge in [-0.25, -0.2) is 0 Å². The van der Waals surface area contributed by atoms with Crippen molar-refractivity contribution in [1.82, 2.24) is 5.32 Å². The highest BCUT2D eigenvalue weighted by atomic mass is 16.1. The van der Waals surface area contributed by atoms with E-state index in [4.69, 9.17) is 0 Å². The highest BCUT2D eigenvalue weighted by molar-refractivity contribution is 6.05. The van der Waals surface area contributed by atoms with E-state index >= 15 is 0 Å². The Morgan fingerprint density at radius 2 is 1.65 bits per heavy atom. The van der Waals surface area contributed by atoms with Crippen LogP contribution in [-0.4, -0.2) is 19.5 Å². The quantitative estimate of drug-likeness (QED) is 0.876. The van der Waals surface area contributed by atoms with Crippen LogP contribution < -0.4 is 10.6 Å². The van der Waals surface area contributed by atoms with Crippen LogP contribution in [0.5, 0.6) is 0 Å². The molecule has 0 aliphatic rings. The van der Waals surface area contributed by atoms with Crippen LogP contribution in [0.15, 0.2) is 48.5 Å². The summed E-state index contributed by atoms with van der Waals surface area (Å²) in [6, 6.07) is 15.8. The molecule has 2 N–H and O–H groups in total. The Balaban J connectivity index is 2.13. The first-order chi connectivity index (χ1) is 10.9. The molecule has 0 aliphatic heterocycles. The summed E-state index contributed by atoms with van der Waals surface area (Å²) in [4.78, 5) is 12.5. The molecule has 0 radical (unpaired) electrons. The van der Waals surface area contributed by atoms with E-state index in [9.17, 15) is 4.79 Å². The Hall–Kier alpha value is -2.13. The SMILES string of the molecule is CNCCc1ccccc1C(=O)Nc1ccc(C(C)(C)C)cc1. The molecule has 122 valence electrons. The van der Waals surface area contributed by atoms with Gasteiger partial charge in [-0.15, -0.1) is 0 Å². The van der Waals surface area contributed by atoms with Crippen LogP contribution in [-0.2, 0) is 11.8 Å². The van der Waals surface area contributed by atoms with Crippen LogP contribution in [0, 0.1) is 0 Å². The second kappa shape index (κ2) is 7.42. The molecule has 3 nitrogen and oxygen atoms in total. The Bertz CT molecular complexity index is 654. The average Bonchev–Trinajstić information content (AvgIpc) is 2.53. The highest BCUT2D eigenvalue weighted by Crippen LogP contribution is 2.23. The van der Waals surface area contributed by atoms with Gasteiger partial charge in [-0.3, -0.25) is 4.79 Å². The van der Waals surface area contributed by atoms with Crippen molar-refractivity contribution in [3.8, 4) is 0 Å². The van der Waals surface area contributed by atoms with Crippen LogP contribution >= 0.6 is 0 Å². The van der Waals surface area contributed by atoms with E-state index < -0.39 is 0 Å². The molecule has 3 heteroatoms. The summed E-state index contributed by atoms with van der Waals surface area (Å²) in [7, 11) is 1.92. The monoisotopic (exact) mass is 310 g/mol. The molecule has 2 aromatic rings. The zero-order valence-electron chi connectivity index (χ0n) is 14.4. The van der Waals surface area contributed by atoms with Crippen LogP contribution in [0.3, 0.4) is 0 Å². The molecule has 23 heavy (non-hydrogen) atoms. The molecule has 0 heterocycles. The molecule has 0 aliphatic carbocycles. The van der Waals surface area contributed by atoms with Gasteiger partial charge < -0.3 is 10.6 Å². The van der Waals surface area contributed by atoms with Crippen molar-refractivity contribution in [1.29, 1.82) is 0 Å². The fourth-order valence-electron chi connectivity index (χ4n) is 2.47. The Morgan fingerprint density at radius 3 is 2.26 bits per heavy atom. The predicted octanol–water partition coefficient (Wildman–Crippen LogP) is 4.00. The fourth-order valence-corrected chi connectivity index (χ4v) is 2.47. The second-order valence-corrected chi connectivity index (χ2v) is 6.79. The van der Waals surface area contributed by atoms with E-state index in [-0.39, 0.29) is 11.3 Å². The van der Waals surface area contributed by atoms with Gasteiger partial charge in [0.1, 0.15) is 0 Å². The van der Waals surface area contributed by atoms with Crippen molar-refractivity contribution in [3.05, 3.63) is 65.2 Å². The van der Waals surface area contributed by atoms with E-state index in [1.165, 1.54) is 5.56 Å². The maximum Gasteiger partial charge on any atom is 0.255 e. The smallest absolute Gasteiger partial charge is 0.255 e. The van der Waals surface area contributed by atoms with E-state index in [1.54, 1.807) is 0 Å². The molecule has 0 fully saturated rings. The van der Waals surface area contributed by atoms with Gasteiger partial charge in [0.25, 0.3) is 5.91 Å². The van der Waals surface area contributed by atoms with Gasteiger partial charge >= 0.3 is 0 Å². The lowest BCUT2D eigenvalue weighted by Crippen LogP contribution is -2.17. The molecule has 0 aromatic heterocycles. The number of carbonyl (C=O) groups excluding carboxylic acids is 1. The molecule has 2 aromatic carbocycles. The van der Waals surface area contributed by atoms with Crippen molar-refractivity contribution in [3.63, 3.8) is 0 Å². The number of benzene rings is 2. The van der Waals surface area contributed by atoms with E-state index in [0.717, 1.165) is 29.8 Å². The summed E-state index contributed by atoms with van der Waals surface area (Å²) in [5.41, 5.74) is 3.99. The third-order valence-electron chi connectivity index (χ3n) is 3.92. The maximum atomic E-state index is 12.5. The molecule has 0 bridgehead atoms. The summed E-state index contributed by atoms with van der Waals surface area (Å²) in [6.07, 6.45) is 0.836. The Kier molecular flexibility index (Phi) is 5.56. The third-order valence-corrected chi connectivity index (χ3v) is 3.92. The fraction of sp³-hybridized carbons (Fsp3) is 0.350. The zero-order valence-corrected chi connectivity index (χ0v) is 14.4. The topological polar surface area (TPSA) is 41.1 Å². The van der Waals surface area contributed by atoms with Crippen molar-refractivity contribution >= 4 is 11.6 Å². The Morgan fingerprint density at radius 1 is 1.00 bits per heavy atom. The van der Waals surface area contributed by atoms with Gasteiger partial charge in [0.15, 0.2) is 0 Å². The predicted molar refractivity (Wildman–Crippen MR) is 97.2 cm³/mol. The van der Waals surface area contributed by atoms with Crippen LogP contribution in [0.1, 0.15) is 42.3 Å². The number of carbonyl (C=O) groups is 1. The molecular formula is C20H26N2O. The van der Waals surface area contributed by atoms with Gasteiger partial charge in [-0.1, -0.05) is 51.1 Å². The second-order valence-electron chi connectivity index (χ2n) is 6.79. The number of anilines is 1. The Labute approximate surface area is 139 Å². The molecule has 1 amide bonds. The molecule has 0 unspecified atom stereocenters. The van der Waals surface area contributed by atoms with E-state index in [1.807, 2.05) is 43.4 Å². The first-order valence-electron chi connectivity index (χ1n) is 8.06. The number of likely N-dealkylation sites (N-methyl/N-ethyl adjacent to an activating group) is 1. The molecule has 0 spiro atoms. The summed E-state index contributed by atoms with van der Waals surface area (Å²) in [5.74, 6) is -0.0554. The first kappa shape index (κ1) is 17.2. The normalized spacial score (nSPS) is 11.3. The lowest BCUT2D eigenvalue weighted by Gasteiger charge is -2.19. The van der Waals surface area contributed by atoms with Crippen LogP contribution in [0.2, 0.25) is 0 Å². The van der Waals surface area contributed by atoms with Crippen molar-refractivity contribution < 1.29 is 4.79 Å². The molecule has 0 saturated heterocycles. The standard InChI is InChI=1S/C20H26N2O/c1-20(2,3)16-9-11-17(12-10-16)22-19(23)18-8-6-5-7-15(18)13-14-21-4/h5-12,21H,13-14H2,1-4H3,(H,22,23). The van der Waals surface area contributed by atoms with E-state index in [2.05, 4.69) is 43.5 Å². The minimum atomic E-state index is -0.0554. The lowest BCUT2D eigenvalue weighted by molar-refractivity contribution is 0.102. The number of hydrogen-bond acceptors (Lipinski definition) is 2. The lowest BCUT2D eigenvalue weighted by atomic mass is 9.87. The van der Waals surface area contributed by atoms with E-state index in [0.29, 0.717) is 0 Å².